The van der Waals surface area contributed by atoms with Crippen molar-refractivity contribution in [2.24, 2.45) is 0 Å². The minimum absolute atomic E-state index is 0.265. The average molecular weight is 316 g/mol. The predicted octanol–water partition coefficient (Wildman–Crippen LogP) is 4.84. The van der Waals surface area contributed by atoms with Crippen molar-refractivity contribution in [1.82, 2.24) is 5.32 Å². The van der Waals surface area contributed by atoms with Crippen molar-refractivity contribution in [2.75, 3.05) is 6.54 Å². The van der Waals surface area contributed by atoms with E-state index in [-0.39, 0.29) is 4.75 Å². The molecule has 0 heterocycles. The first-order valence-corrected chi connectivity index (χ1v) is 7.71. The third-order valence-electron chi connectivity index (χ3n) is 2.19. The van der Waals surface area contributed by atoms with Crippen molar-refractivity contribution < 1.29 is 0 Å². The van der Waals surface area contributed by atoms with Crippen molar-refractivity contribution in [3.05, 3.63) is 28.2 Å². The van der Waals surface area contributed by atoms with Crippen molar-refractivity contribution in [1.29, 1.82) is 0 Å². The maximum absolute atomic E-state index is 3.65. The molecule has 0 aliphatic heterocycles. The standard InChI is InChI=1S/C14H22BrNS/c1-5-8-16-10-11-6-7-12(9-13(11)15)17-14(2,3)4/h6-7,9,16H,5,8,10H2,1-4H3. The first-order valence-electron chi connectivity index (χ1n) is 6.10. The summed E-state index contributed by atoms with van der Waals surface area (Å²) in [5.74, 6) is 0. The van der Waals surface area contributed by atoms with Crippen LogP contribution in [0.4, 0.5) is 0 Å². The molecule has 96 valence electrons. The highest BCUT2D eigenvalue weighted by Gasteiger charge is 2.12. The Hall–Kier alpha value is 0.01000. The predicted molar refractivity (Wildman–Crippen MR) is 81.7 cm³/mol. The highest BCUT2D eigenvalue weighted by Crippen LogP contribution is 2.34. The number of hydrogen-bond donors (Lipinski definition) is 1. The molecule has 0 bridgehead atoms. The van der Waals surface area contributed by atoms with E-state index in [2.05, 4.69) is 67.1 Å². The maximum atomic E-state index is 3.65. The summed E-state index contributed by atoms with van der Waals surface area (Å²) in [7, 11) is 0. The molecule has 0 amide bonds. The fraction of sp³-hybridized carbons (Fsp3) is 0.571. The van der Waals surface area contributed by atoms with Crippen LogP contribution in [0.15, 0.2) is 27.6 Å². The molecule has 0 fully saturated rings. The second-order valence-corrected chi connectivity index (χ2v) is 7.90. The summed E-state index contributed by atoms with van der Waals surface area (Å²) in [5, 5.41) is 3.42. The second-order valence-electron chi connectivity index (χ2n) is 5.14. The van der Waals surface area contributed by atoms with Gasteiger partial charge in [0.05, 0.1) is 0 Å². The van der Waals surface area contributed by atoms with Crippen LogP contribution in [0.2, 0.25) is 0 Å². The van der Waals surface area contributed by atoms with Gasteiger partial charge in [-0.1, -0.05) is 49.7 Å². The van der Waals surface area contributed by atoms with E-state index in [1.54, 1.807) is 0 Å². The smallest absolute Gasteiger partial charge is 0.0231 e. The molecular weight excluding hydrogens is 294 g/mol. The van der Waals surface area contributed by atoms with Gasteiger partial charge >= 0.3 is 0 Å². The van der Waals surface area contributed by atoms with Gasteiger partial charge in [0.2, 0.25) is 0 Å². The fourth-order valence-electron chi connectivity index (χ4n) is 1.49. The number of nitrogens with one attached hydrogen (secondary N) is 1. The molecule has 1 rings (SSSR count). The monoisotopic (exact) mass is 315 g/mol. The Kier molecular flexibility index (Phi) is 6.04. The highest BCUT2D eigenvalue weighted by atomic mass is 79.9. The van der Waals surface area contributed by atoms with E-state index >= 15 is 0 Å². The molecule has 1 N–H and O–H groups in total. The molecule has 0 aromatic heterocycles. The summed E-state index contributed by atoms with van der Waals surface area (Å²) in [6.07, 6.45) is 1.18. The van der Waals surface area contributed by atoms with Crippen molar-refractivity contribution in [3.63, 3.8) is 0 Å². The second kappa shape index (κ2) is 6.81. The molecule has 1 aromatic carbocycles. The summed E-state index contributed by atoms with van der Waals surface area (Å²) in [6.45, 7) is 10.9. The number of halogens is 1. The van der Waals surface area contributed by atoms with Crippen LogP contribution < -0.4 is 5.32 Å². The van der Waals surface area contributed by atoms with E-state index in [1.165, 1.54) is 21.4 Å². The largest absolute Gasteiger partial charge is 0.313 e. The van der Waals surface area contributed by atoms with Gasteiger partial charge in [0.15, 0.2) is 0 Å². The third-order valence-corrected chi connectivity index (χ3v) is 4.03. The Labute approximate surface area is 118 Å². The summed E-state index contributed by atoms with van der Waals surface area (Å²) in [4.78, 5) is 1.32. The zero-order valence-electron chi connectivity index (χ0n) is 11.1. The Morgan fingerprint density at radius 1 is 1.29 bits per heavy atom. The van der Waals surface area contributed by atoms with E-state index in [4.69, 9.17) is 0 Å². The van der Waals surface area contributed by atoms with E-state index in [9.17, 15) is 0 Å². The summed E-state index contributed by atoms with van der Waals surface area (Å²) in [5.41, 5.74) is 1.33. The molecule has 0 unspecified atom stereocenters. The van der Waals surface area contributed by atoms with Gasteiger partial charge in [-0.3, -0.25) is 0 Å². The topological polar surface area (TPSA) is 12.0 Å². The SMILES string of the molecule is CCCNCc1ccc(SC(C)(C)C)cc1Br. The normalized spacial score (nSPS) is 11.8. The first-order chi connectivity index (χ1) is 7.92. The molecule has 0 aliphatic carbocycles. The molecule has 0 radical (unpaired) electrons. The van der Waals surface area contributed by atoms with Gasteiger partial charge in [-0.15, -0.1) is 11.8 Å². The van der Waals surface area contributed by atoms with Crippen LogP contribution in [0.25, 0.3) is 0 Å². The molecule has 0 saturated carbocycles. The Morgan fingerprint density at radius 2 is 2.00 bits per heavy atom. The number of thioether (sulfide) groups is 1. The van der Waals surface area contributed by atoms with E-state index in [0.29, 0.717) is 0 Å². The quantitative estimate of drug-likeness (QED) is 0.616. The zero-order chi connectivity index (χ0) is 12.9. The van der Waals surface area contributed by atoms with Crippen LogP contribution in [-0.2, 0) is 6.54 Å². The van der Waals surface area contributed by atoms with Crippen LogP contribution in [0.5, 0.6) is 0 Å². The Balaban J connectivity index is 2.66. The van der Waals surface area contributed by atoms with Gasteiger partial charge in [0.1, 0.15) is 0 Å². The third kappa shape index (κ3) is 5.94. The van der Waals surface area contributed by atoms with Crippen LogP contribution in [0, 0.1) is 0 Å². The number of benzene rings is 1. The van der Waals surface area contributed by atoms with Gasteiger partial charge in [-0.05, 0) is 30.7 Å². The molecule has 0 aliphatic rings. The summed E-state index contributed by atoms with van der Waals surface area (Å²) < 4.78 is 1.47. The van der Waals surface area contributed by atoms with Crippen molar-refractivity contribution >= 4 is 27.7 Å². The van der Waals surface area contributed by atoms with Crippen LogP contribution in [-0.4, -0.2) is 11.3 Å². The zero-order valence-corrected chi connectivity index (χ0v) is 13.5. The lowest BCUT2D eigenvalue weighted by molar-refractivity contribution is 0.673. The van der Waals surface area contributed by atoms with Crippen LogP contribution in [0.3, 0.4) is 0 Å². The van der Waals surface area contributed by atoms with E-state index < -0.39 is 0 Å². The minimum atomic E-state index is 0.265. The van der Waals surface area contributed by atoms with Crippen molar-refractivity contribution in [3.8, 4) is 0 Å². The van der Waals surface area contributed by atoms with Gasteiger partial charge in [-0.25, -0.2) is 0 Å². The van der Waals surface area contributed by atoms with Gasteiger partial charge in [-0.2, -0.15) is 0 Å². The van der Waals surface area contributed by atoms with Gasteiger partial charge in [0, 0.05) is 20.7 Å². The van der Waals surface area contributed by atoms with E-state index in [0.717, 1.165) is 13.1 Å². The molecule has 1 nitrogen and oxygen atoms in total. The lowest BCUT2D eigenvalue weighted by Crippen LogP contribution is -2.14. The fourth-order valence-corrected chi connectivity index (χ4v) is 3.18. The lowest BCUT2D eigenvalue weighted by atomic mass is 10.2. The van der Waals surface area contributed by atoms with Crippen LogP contribution >= 0.6 is 27.7 Å². The minimum Gasteiger partial charge on any atom is -0.313 e. The van der Waals surface area contributed by atoms with Gasteiger partial charge < -0.3 is 5.32 Å². The number of hydrogen-bond acceptors (Lipinski definition) is 2. The Bertz CT molecular complexity index is 358. The Morgan fingerprint density at radius 3 is 2.53 bits per heavy atom. The molecule has 0 atom stereocenters. The molecule has 0 saturated heterocycles. The maximum Gasteiger partial charge on any atom is 0.0231 e. The van der Waals surface area contributed by atoms with Gasteiger partial charge in [0.25, 0.3) is 0 Å². The molecule has 3 heteroatoms. The molecular formula is C14H22BrNS. The molecule has 1 aromatic rings. The lowest BCUT2D eigenvalue weighted by Gasteiger charge is -2.18. The summed E-state index contributed by atoms with van der Waals surface area (Å²) in [6, 6.07) is 6.64. The van der Waals surface area contributed by atoms with Crippen LogP contribution in [0.1, 0.15) is 39.7 Å². The van der Waals surface area contributed by atoms with E-state index in [1.807, 2.05) is 11.8 Å². The highest BCUT2D eigenvalue weighted by molar-refractivity contribution is 9.10. The molecule has 0 spiro atoms. The number of rotatable bonds is 5. The first kappa shape index (κ1) is 15.1. The summed E-state index contributed by atoms with van der Waals surface area (Å²) >= 11 is 5.55. The average Bonchev–Trinajstić information content (AvgIpc) is 2.19. The molecule has 17 heavy (non-hydrogen) atoms. The van der Waals surface area contributed by atoms with Crippen molar-refractivity contribution in [2.45, 2.75) is 50.3 Å².